The predicted molar refractivity (Wildman–Crippen MR) is 117 cm³/mol. The fourth-order valence-corrected chi connectivity index (χ4v) is 3.43. The predicted octanol–water partition coefficient (Wildman–Crippen LogP) is 6.32. The van der Waals surface area contributed by atoms with E-state index < -0.39 is 12.0 Å². The van der Waals surface area contributed by atoms with Gasteiger partial charge in [0.15, 0.2) is 0 Å². The van der Waals surface area contributed by atoms with Gasteiger partial charge in [0.25, 0.3) is 0 Å². The molecule has 0 aliphatic heterocycles. The number of urea groups is 1. The average Bonchev–Trinajstić information content (AvgIpc) is 2.65. The molecule has 0 saturated heterocycles. The van der Waals surface area contributed by atoms with Crippen LogP contribution in [0.15, 0.2) is 11.6 Å². The van der Waals surface area contributed by atoms with Crippen LogP contribution in [0.3, 0.4) is 0 Å². The summed E-state index contributed by atoms with van der Waals surface area (Å²) in [7, 11) is 0. The number of unbranched alkanes of at least 4 members (excludes halogenated alkanes) is 15. The molecule has 0 heterocycles. The van der Waals surface area contributed by atoms with Crippen LogP contribution in [-0.2, 0) is 4.79 Å². The van der Waals surface area contributed by atoms with Crippen LogP contribution in [0.5, 0.6) is 0 Å². The van der Waals surface area contributed by atoms with Crippen molar-refractivity contribution >= 4 is 12.0 Å². The summed E-state index contributed by atoms with van der Waals surface area (Å²) >= 11 is 0. The normalized spacial score (nSPS) is 11.5. The zero-order valence-electron chi connectivity index (χ0n) is 18.1. The molecular weight excluding hydrogens is 352 g/mol. The second-order valence-corrected chi connectivity index (χ2v) is 7.83. The molecule has 0 rings (SSSR count). The molecule has 0 bridgehead atoms. The van der Waals surface area contributed by atoms with Gasteiger partial charge in [0.05, 0.1) is 0 Å². The first-order valence-electron chi connectivity index (χ1n) is 11.5. The molecule has 0 spiro atoms. The van der Waals surface area contributed by atoms with Crippen LogP contribution in [-0.4, -0.2) is 23.7 Å². The molecule has 4 N–H and O–H groups in total. The van der Waals surface area contributed by atoms with Crippen molar-refractivity contribution in [1.29, 1.82) is 0 Å². The van der Waals surface area contributed by atoms with E-state index in [1.54, 1.807) is 0 Å². The number of aliphatic carboxylic acids is 1. The lowest BCUT2D eigenvalue weighted by molar-refractivity contribution is -0.132. The Morgan fingerprint density at radius 1 is 0.750 bits per heavy atom. The molecule has 0 aromatic carbocycles. The lowest BCUT2D eigenvalue weighted by Gasteiger charge is -2.05. The summed E-state index contributed by atoms with van der Waals surface area (Å²) in [6.07, 6.45) is 23.0. The van der Waals surface area contributed by atoms with Crippen LogP contribution >= 0.6 is 0 Å². The van der Waals surface area contributed by atoms with Crippen molar-refractivity contribution < 1.29 is 14.7 Å². The van der Waals surface area contributed by atoms with E-state index in [-0.39, 0.29) is 6.54 Å². The minimum atomic E-state index is -0.910. The molecule has 5 heteroatoms. The average molecular weight is 397 g/mol. The van der Waals surface area contributed by atoms with Crippen LogP contribution in [0.25, 0.3) is 0 Å². The first kappa shape index (κ1) is 26.5. The third-order valence-electron chi connectivity index (χ3n) is 5.20. The minimum absolute atomic E-state index is 0.176. The molecule has 0 fully saturated rings. The number of carbonyl (C=O) groups excluding carboxylic acids is 1. The maximum absolute atomic E-state index is 11.2. The maximum Gasteiger partial charge on any atom is 0.331 e. The second-order valence-electron chi connectivity index (χ2n) is 7.83. The van der Waals surface area contributed by atoms with Gasteiger partial charge in [0.1, 0.15) is 0 Å². The van der Waals surface area contributed by atoms with Gasteiger partial charge in [-0.2, -0.15) is 0 Å². The quantitative estimate of drug-likeness (QED) is 0.166. The Balaban J connectivity index is 3.40. The van der Waals surface area contributed by atoms with Crippen LogP contribution in [0.4, 0.5) is 4.79 Å². The first-order chi connectivity index (χ1) is 13.6. The zero-order chi connectivity index (χ0) is 20.9. The van der Waals surface area contributed by atoms with Crippen LogP contribution in [0.2, 0.25) is 0 Å². The molecule has 0 aliphatic rings. The molecule has 0 unspecified atom stereocenters. The van der Waals surface area contributed by atoms with E-state index in [9.17, 15) is 9.59 Å². The SMILES string of the molecule is CCCCCCCCCCCCCCCCCCC(=CCNC(N)=O)C(=O)O. The van der Waals surface area contributed by atoms with E-state index in [2.05, 4.69) is 12.2 Å². The highest BCUT2D eigenvalue weighted by atomic mass is 16.4. The fourth-order valence-electron chi connectivity index (χ4n) is 3.43. The highest BCUT2D eigenvalue weighted by Gasteiger charge is 2.06. The first-order valence-corrected chi connectivity index (χ1v) is 11.5. The van der Waals surface area contributed by atoms with E-state index in [1.165, 1.54) is 96.0 Å². The van der Waals surface area contributed by atoms with Gasteiger partial charge in [-0.15, -0.1) is 0 Å². The van der Waals surface area contributed by atoms with E-state index in [1.807, 2.05) is 0 Å². The van der Waals surface area contributed by atoms with Gasteiger partial charge in [-0.1, -0.05) is 109 Å². The summed E-state index contributed by atoms with van der Waals surface area (Å²) in [4.78, 5) is 21.8. The number of primary amides is 1. The van der Waals surface area contributed by atoms with Crippen molar-refractivity contribution in [3.63, 3.8) is 0 Å². The molecule has 0 saturated carbocycles. The standard InChI is InChI=1S/C23H44N2O3/c1-2-3-4-5-6-7-8-9-10-11-12-13-14-15-16-17-18-21(22(26)27)19-20-25-23(24)28/h19H,2-18,20H2,1H3,(H,26,27)(H3,24,25,28). The number of nitrogens with two attached hydrogens (primary N) is 1. The molecule has 0 aromatic rings. The summed E-state index contributed by atoms with van der Waals surface area (Å²) in [5.41, 5.74) is 5.33. The molecule has 0 aromatic heterocycles. The largest absolute Gasteiger partial charge is 0.478 e. The van der Waals surface area contributed by atoms with Gasteiger partial charge in [0, 0.05) is 12.1 Å². The third kappa shape index (κ3) is 19.2. The molecular formula is C23H44N2O3. The van der Waals surface area contributed by atoms with Gasteiger partial charge >= 0.3 is 12.0 Å². The summed E-state index contributed by atoms with van der Waals surface area (Å²) in [6.45, 7) is 2.44. The van der Waals surface area contributed by atoms with Crippen molar-refractivity contribution in [1.82, 2.24) is 5.32 Å². The summed E-state index contributed by atoms with van der Waals surface area (Å²) in [5.74, 6) is -0.910. The van der Waals surface area contributed by atoms with Gasteiger partial charge in [-0.05, 0) is 12.8 Å². The van der Waals surface area contributed by atoms with Crippen molar-refractivity contribution in [3.8, 4) is 0 Å². The van der Waals surface area contributed by atoms with E-state index in [0.29, 0.717) is 12.0 Å². The van der Waals surface area contributed by atoms with Gasteiger partial charge < -0.3 is 16.2 Å². The molecule has 0 atom stereocenters. The molecule has 28 heavy (non-hydrogen) atoms. The zero-order valence-corrected chi connectivity index (χ0v) is 18.1. The van der Waals surface area contributed by atoms with Crippen LogP contribution in [0.1, 0.15) is 116 Å². The molecule has 0 aliphatic carbocycles. The summed E-state index contributed by atoms with van der Waals surface area (Å²) in [5, 5.41) is 11.5. The number of amides is 2. The smallest absolute Gasteiger partial charge is 0.331 e. The van der Waals surface area contributed by atoms with Crippen molar-refractivity contribution in [2.24, 2.45) is 5.73 Å². The van der Waals surface area contributed by atoms with Gasteiger partial charge in [0.2, 0.25) is 0 Å². The number of hydrogen-bond donors (Lipinski definition) is 3. The van der Waals surface area contributed by atoms with Crippen molar-refractivity contribution in [2.75, 3.05) is 6.54 Å². The monoisotopic (exact) mass is 396 g/mol. The van der Waals surface area contributed by atoms with Gasteiger partial charge in [-0.25, -0.2) is 9.59 Å². The van der Waals surface area contributed by atoms with E-state index in [4.69, 9.17) is 10.8 Å². The number of carbonyl (C=O) groups is 2. The number of rotatable bonds is 20. The Morgan fingerprint density at radius 2 is 1.14 bits per heavy atom. The van der Waals surface area contributed by atoms with Crippen molar-refractivity contribution in [2.45, 2.75) is 116 Å². The number of hydrogen-bond acceptors (Lipinski definition) is 2. The Kier molecular flexibility index (Phi) is 19.1. The maximum atomic E-state index is 11.2. The molecule has 0 radical (unpaired) electrons. The Morgan fingerprint density at radius 3 is 1.50 bits per heavy atom. The van der Waals surface area contributed by atoms with Crippen molar-refractivity contribution in [3.05, 3.63) is 11.6 Å². The molecule has 2 amide bonds. The second kappa shape index (κ2) is 20.2. The highest BCUT2D eigenvalue weighted by molar-refractivity contribution is 5.86. The summed E-state index contributed by atoms with van der Waals surface area (Å²) < 4.78 is 0. The van der Waals surface area contributed by atoms with Crippen LogP contribution in [0, 0.1) is 0 Å². The Hall–Kier alpha value is -1.52. The van der Waals surface area contributed by atoms with E-state index in [0.717, 1.165) is 12.8 Å². The molecule has 5 nitrogen and oxygen atoms in total. The van der Waals surface area contributed by atoms with E-state index >= 15 is 0 Å². The number of carboxylic acid groups (broad SMARTS) is 1. The van der Waals surface area contributed by atoms with Gasteiger partial charge in [-0.3, -0.25) is 0 Å². The summed E-state index contributed by atoms with van der Waals surface area (Å²) in [6, 6.07) is -0.636. The Bertz CT molecular complexity index is 422. The van der Waals surface area contributed by atoms with Crippen LogP contribution < -0.4 is 11.1 Å². The number of nitrogens with one attached hydrogen (secondary N) is 1. The fraction of sp³-hybridized carbons (Fsp3) is 0.826. The topological polar surface area (TPSA) is 92.4 Å². The highest BCUT2D eigenvalue weighted by Crippen LogP contribution is 2.15. The number of carboxylic acids is 1. The minimum Gasteiger partial charge on any atom is -0.478 e. The third-order valence-corrected chi connectivity index (χ3v) is 5.20. The lowest BCUT2D eigenvalue weighted by Crippen LogP contribution is -2.29. The molecule has 164 valence electrons. The Labute approximate surface area is 172 Å². The lowest BCUT2D eigenvalue weighted by atomic mass is 10.0.